The molecule has 0 saturated heterocycles. The van der Waals surface area contributed by atoms with Crippen molar-refractivity contribution in [2.75, 3.05) is 0 Å². The maximum Gasteiger partial charge on any atom is 0.167 e. The summed E-state index contributed by atoms with van der Waals surface area (Å²) in [6.07, 6.45) is 1.24. The average molecular weight is 106 g/mol. The van der Waals surface area contributed by atoms with E-state index in [2.05, 4.69) is 11.7 Å². The summed E-state index contributed by atoms with van der Waals surface area (Å²) in [5, 5.41) is 10.3. The summed E-state index contributed by atoms with van der Waals surface area (Å²) >= 11 is 5.03. The fraction of sp³-hybridized carbons (Fsp3) is 0. The van der Waals surface area contributed by atoms with E-state index >= 15 is 0 Å². The second-order valence-corrected chi connectivity index (χ2v) is 1.01. The number of hydrogen-bond donors (Lipinski definition) is 1. The second kappa shape index (κ2) is 2.72. The first-order valence-corrected chi connectivity index (χ1v) is 1.69. The number of nitrogens with zero attached hydrogens (tertiary/aromatic N) is 1. The van der Waals surface area contributed by atoms with Crippen molar-refractivity contribution in [3.05, 3.63) is 12.7 Å². The number of allylic oxidation sites excluding steroid dienone is 1. The Morgan fingerprint density at radius 1 is 2.00 bits per heavy atom. The van der Waals surface area contributed by atoms with Crippen molar-refractivity contribution < 1.29 is 5.21 Å². The van der Waals surface area contributed by atoms with Crippen LogP contribution >= 0.6 is 11.6 Å². The smallest absolute Gasteiger partial charge is 0.167 e. The topological polar surface area (TPSA) is 32.6 Å². The third kappa shape index (κ3) is 1.79. The highest BCUT2D eigenvalue weighted by atomic mass is 35.5. The number of oxime groups is 1. The lowest BCUT2D eigenvalue weighted by atomic mass is 10.7. The lowest BCUT2D eigenvalue weighted by Gasteiger charge is -1.72. The van der Waals surface area contributed by atoms with E-state index in [1.165, 1.54) is 6.08 Å². The van der Waals surface area contributed by atoms with E-state index in [-0.39, 0.29) is 5.17 Å². The summed E-state index contributed by atoms with van der Waals surface area (Å²) in [5.41, 5.74) is 0. The molecule has 0 aromatic heterocycles. The van der Waals surface area contributed by atoms with Gasteiger partial charge in [-0.05, 0) is 6.08 Å². The molecule has 6 heavy (non-hydrogen) atoms. The molecule has 0 saturated carbocycles. The van der Waals surface area contributed by atoms with Gasteiger partial charge in [0.05, 0.1) is 0 Å². The molecule has 34 valence electrons. The van der Waals surface area contributed by atoms with Crippen molar-refractivity contribution in [2.45, 2.75) is 0 Å². The van der Waals surface area contributed by atoms with Gasteiger partial charge in [-0.3, -0.25) is 0 Å². The molecule has 3 heteroatoms. The number of halogens is 1. The van der Waals surface area contributed by atoms with Crippen LogP contribution in [0.25, 0.3) is 0 Å². The first kappa shape index (κ1) is 5.50. The van der Waals surface area contributed by atoms with Crippen LogP contribution in [0.15, 0.2) is 17.8 Å². The predicted molar refractivity (Wildman–Crippen MR) is 25.3 cm³/mol. The van der Waals surface area contributed by atoms with Crippen LogP contribution in [0.3, 0.4) is 0 Å². The molecule has 0 aliphatic rings. The highest BCUT2D eigenvalue weighted by Crippen LogP contribution is 1.80. The van der Waals surface area contributed by atoms with E-state index < -0.39 is 0 Å². The van der Waals surface area contributed by atoms with Crippen LogP contribution < -0.4 is 0 Å². The Bertz CT molecular complexity index is 78.9. The summed E-state index contributed by atoms with van der Waals surface area (Å²) in [4.78, 5) is 0. The van der Waals surface area contributed by atoms with Gasteiger partial charge in [0, 0.05) is 0 Å². The SMILES string of the molecule is C=C/C(Cl)=N/O. The van der Waals surface area contributed by atoms with Gasteiger partial charge in [-0.1, -0.05) is 23.3 Å². The van der Waals surface area contributed by atoms with E-state index in [1.54, 1.807) is 0 Å². The zero-order valence-corrected chi connectivity index (χ0v) is 3.81. The summed E-state index contributed by atoms with van der Waals surface area (Å²) in [6, 6.07) is 0. The van der Waals surface area contributed by atoms with Crippen LogP contribution in [-0.2, 0) is 0 Å². The maximum absolute atomic E-state index is 7.72. The van der Waals surface area contributed by atoms with Gasteiger partial charge in [-0.15, -0.1) is 0 Å². The van der Waals surface area contributed by atoms with E-state index in [0.29, 0.717) is 0 Å². The summed E-state index contributed by atoms with van der Waals surface area (Å²) < 4.78 is 0. The van der Waals surface area contributed by atoms with Gasteiger partial charge in [0.25, 0.3) is 0 Å². The van der Waals surface area contributed by atoms with Crippen LogP contribution in [0.1, 0.15) is 0 Å². The van der Waals surface area contributed by atoms with Crippen molar-refractivity contribution in [2.24, 2.45) is 5.16 Å². The molecule has 0 aliphatic carbocycles. The largest absolute Gasteiger partial charge is 0.410 e. The van der Waals surface area contributed by atoms with Crippen LogP contribution in [0.5, 0.6) is 0 Å². The van der Waals surface area contributed by atoms with E-state index in [1.807, 2.05) is 0 Å². The molecule has 0 fully saturated rings. The molecule has 2 nitrogen and oxygen atoms in total. The maximum atomic E-state index is 7.72. The Kier molecular flexibility index (Phi) is 2.50. The second-order valence-electron chi connectivity index (χ2n) is 0.627. The average Bonchev–Trinajstić information content (AvgIpc) is 1.65. The number of hydrogen-bond acceptors (Lipinski definition) is 2. The molecule has 0 heterocycles. The van der Waals surface area contributed by atoms with Gasteiger partial charge in [-0.25, -0.2) is 0 Å². The molecule has 0 atom stereocenters. The molecular formula is C3H4ClNO. The Hall–Kier alpha value is -0.500. The standard InChI is InChI=1S/C3H4ClNO/c1-2-3(4)5-6/h2,6H,1H2/b5-3-. The van der Waals surface area contributed by atoms with Crippen molar-refractivity contribution in [3.8, 4) is 0 Å². The third-order valence-corrected chi connectivity index (χ3v) is 0.494. The van der Waals surface area contributed by atoms with Gasteiger partial charge in [0.2, 0.25) is 0 Å². The lowest BCUT2D eigenvalue weighted by Crippen LogP contribution is -1.72. The summed E-state index contributed by atoms with van der Waals surface area (Å²) in [5.74, 6) is 0. The van der Waals surface area contributed by atoms with E-state index in [9.17, 15) is 0 Å². The minimum atomic E-state index is 0.00926. The molecule has 0 aromatic carbocycles. The molecule has 0 amide bonds. The normalized spacial score (nSPS) is 11.2. The highest BCUT2D eigenvalue weighted by Gasteiger charge is 1.75. The fourth-order valence-electron chi connectivity index (χ4n) is 0.0408. The zero-order chi connectivity index (χ0) is 4.99. The molecule has 1 N–H and O–H groups in total. The molecule has 0 spiro atoms. The van der Waals surface area contributed by atoms with E-state index in [0.717, 1.165) is 0 Å². The first-order valence-electron chi connectivity index (χ1n) is 1.31. The van der Waals surface area contributed by atoms with Gasteiger partial charge in [0.1, 0.15) is 0 Å². The molecule has 0 bridgehead atoms. The molecule has 0 rings (SSSR count). The minimum Gasteiger partial charge on any atom is -0.410 e. The van der Waals surface area contributed by atoms with Crippen molar-refractivity contribution in [1.29, 1.82) is 0 Å². The van der Waals surface area contributed by atoms with Crippen molar-refractivity contribution >= 4 is 16.8 Å². The van der Waals surface area contributed by atoms with Gasteiger partial charge >= 0.3 is 0 Å². The fourth-order valence-corrected chi connectivity index (χ4v) is 0.0408. The summed E-state index contributed by atoms with van der Waals surface area (Å²) in [7, 11) is 0. The molecule has 0 aromatic rings. The molecule has 0 unspecified atom stereocenters. The van der Waals surface area contributed by atoms with Crippen LogP contribution in [0.4, 0.5) is 0 Å². The van der Waals surface area contributed by atoms with Gasteiger partial charge < -0.3 is 5.21 Å². The predicted octanol–water partition coefficient (Wildman–Crippen LogP) is 1.20. The van der Waals surface area contributed by atoms with Gasteiger partial charge in [-0.2, -0.15) is 0 Å². The molecular weight excluding hydrogens is 101 g/mol. The minimum absolute atomic E-state index is 0.00926. The number of rotatable bonds is 1. The summed E-state index contributed by atoms with van der Waals surface area (Å²) in [6.45, 7) is 3.21. The Morgan fingerprint density at radius 3 is 2.50 bits per heavy atom. The molecule has 0 radical (unpaired) electrons. The first-order chi connectivity index (χ1) is 2.81. The quantitative estimate of drug-likeness (QED) is 0.303. The Labute approximate surface area is 40.7 Å². The molecule has 0 aliphatic heterocycles. The third-order valence-electron chi connectivity index (χ3n) is 0.264. The monoisotopic (exact) mass is 105 g/mol. The van der Waals surface area contributed by atoms with Crippen molar-refractivity contribution in [1.82, 2.24) is 0 Å². The Morgan fingerprint density at radius 2 is 2.50 bits per heavy atom. The lowest BCUT2D eigenvalue weighted by molar-refractivity contribution is 0.321. The van der Waals surface area contributed by atoms with Crippen LogP contribution in [0.2, 0.25) is 0 Å². The van der Waals surface area contributed by atoms with Crippen molar-refractivity contribution in [3.63, 3.8) is 0 Å². The van der Waals surface area contributed by atoms with Gasteiger partial charge in [0.15, 0.2) is 5.17 Å². The van der Waals surface area contributed by atoms with Crippen LogP contribution in [-0.4, -0.2) is 10.4 Å². The van der Waals surface area contributed by atoms with E-state index in [4.69, 9.17) is 16.8 Å². The highest BCUT2D eigenvalue weighted by molar-refractivity contribution is 6.68. The van der Waals surface area contributed by atoms with Crippen LogP contribution in [0, 0.1) is 0 Å². The zero-order valence-electron chi connectivity index (χ0n) is 3.06. The Balaban J connectivity index is 3.50.